The Morgan fingerprint density at radius 1 is 1.35 bits per heavy atom. The summed E-state index contributed by atoms with van der Waals surface area (Å²) in [7, 11) is 1.63. The molecule has 0 radical (unpaired) electrons. The van der Waals surface area contributed by atoms with Crippen LogP contribution >= 0.6 is 0 Å². The molecule has 0 amide bonds. The quantitative estimate of drug-likeness (QED) is 0.464. The first-order valence-electron chi connectivity index (χ1n) is 5.90. The summed E-state index contributed by atoms with van der Waals surface area (Å²) in [5.74, 6) is -0.297. The second-order valence-corrected chi connectivity index (χ2v) is 3.69. The smallest absolute Gasteiger partial charge is 0.336 e. The maximum Gasteiger partial charge on any atom is 0.336 e. The number of methoxy groups -OCH3 is 1. The van der Waals surface area contributed by atoms with E-state index in [4.69, 9.17) is 18.9 Å². The zero-order valence-electron chi connectivity index (χ0n) is 10.3. The van der Waals surface area contributed by atoms with Crippen molar-refractivity contribution < 1.29 is 23.7 Å². The van der Waals surface area contributed by atoms with Gasteiger partial charge in [0.1, 0.15) is 0 Å². The first-order valence-corrected chi connectivity index (χ1v) is 5.90. The van der Waals surface area contributed by atoms with Crippen LogP contribution in [-0.2, 0) is 23.7 Å². The van der Waals surface area contributed by atoms with Gasteiger partial charge in [-0.2, -0.15) is 0 Å². The highest BCUT2D eigenvalue weighted by Gasteiger charge is 2.22. The van der Waals surface area contributed by atoms with Gasteiger partial charge >= 0.3 is 5.97 Å². The number of rotatable bonds is 8. The minimum Gasteiger partial charge on any atom is -0.464 e. The molecule has 0 aromatic carbocycles. The summed E-state index contributed by atoms with van der Waals surface area (Å²) in [5, 5.41) is 3.08. The zero-order chi connectivity index (χ0) is 12.3. The van der Waals surface area contributed by atoms with Gasteiger partial charge in [0.05, 0.1) is 26.4 Å². The summed E-state index contributed by atoms with van der Waals surface area (Å²) < 4.78 is 20.4. The molecule has 1 atom stereocenters. The SMILES string of the molecule is COCCOCCCOC(=O)C1CNCCO1. The van der Waals surface area contributed by atoms with E-state index in [0.29, 0.717) is 46.0 Å². The molecule has 1 aliphatic rings. The molecule has 1 unspecified atom stereocenters. The van der Waals surface area contributed by atoms with Gasteiger partial charge in [-0.25, -0.2) is 4.79 Å². The van der Waals surface area contributed by atoms with E-state index in [1.165, 1.54) is 0 Å². The number of carbonyl (C=O) groups is 1. The maximum absolute atomic E-state index is 11.5. The van der Waals surface area contributed by atoms with Crippen molar-refractivity contribution in [2.24, 2.45) is 0 Å². The van der Waals surface area contributed by atoms with Gasteiger partial charge in [0.15, 0.2) is 6.10 Å². The fourth-order valence-corrected chi connectivity index (χ4v) is 1.39. The Hall–Kier alpha value is -0.690. The van der Waals surface area contributed by atoms with E-state index in [9.17, 15) is 4.79 Å². The van der Waals surface area contributed by atoms with Gasteiger partial charge in [-0.05, 0) is 0 Å². The normalized spacial score (nSPS) is 20.2. The zero-order valence-corrected chi connectivity index (χ0v) is 10.3. The molecule has 1 saturated heterocycles. The van der Waals surface area contributed by atoms with Crippen LogP contribution in [0.3, 0.4) is 0 Å². The standard InChI is InChI=1S/C11H21NO5/c1-14-7-8-15-4-2-5-17-11(13)10-9-12-3-6-16-10/h10,12H,2-9H2,1H3. The molecule has 0 aromatic rings. The van der Waals surface area contributed by atoms with Crippen LogP contribution in [0.15, 0.2) is 0 Å². The second kappa shape index (κ2) is 9.35. The van der Waals surface area contributed by atoms with E-state index < -0.39 is 6.10 Å². The Morgan fingerprint density at radius 3 is 2.94 bits per heavy atom. The van der Waals surface area contributed by atoms with Crippen LogP contribution in [0.25, 0.3) is 0 Å². The Bertz CT molecular complexity index is 206. The predicted octanol–water partition coefficient (Wildman–Crippen LogP) is -0.429. The third kappa shape index (κ3) is 6.58. The molecule has 100 valence electrons. The Labute approximate surface area is 102 Å². The van der Waals surface area contributed by atoms with E-state index in [2.05, 4.69) is 5.32 Å². The monoisotopic (exact) mass is 247 g/mol. The van der Waals surface area contributed by atoms with Crippen molar-refractivity contribution in [2.45, 2.75) is 12.5 Å². The lowest BCUT2D eigenvalue weighted by Gasteiger charge is -2.21. The van der Waals surface area contributed by atoms with Crippen molar-refractivity contribution in [2.75, 3.05) is 53.2 Å². The summed E-state index contributed by atoms with van der Waals surface area (Å²) >= 11 is 0. The third-order valence-corrected chi connectivity index (χ3v) is 2.30. The van der Waals surface area contributed by atoms with Crippen LogP contribution in [-0.4, -0.2) is 65.3 Å². The van der Waals surface area contributed by atoms with Crippen molar-refractivity contribution >= 4 is 5.97 Å². The van der Waals surface area contributed by atoms with E-state index in [1.54, 1.807) is 7.11 Å². The summed E-state index contributed by atoms with van der Waals surface area (Å²) in [6.07, 6.45) is 0.230. The molecular formula is C11H21NO5. The molecule has 1 heterocycles. The highest BCUT2D eigenvalue weighted by Crippen LogP contribution is 1.99. The summed E-state index contributed by atoms with van der Waals surface area (Å²) in [4.78, 5) is 11.5. The topological polar surface area (TPSA) is 66.0 Å². The van der Waals surface area contributed by atoms with E-state index >= 15 is 0 Å². The van der Waals surface area contributed by atoms with Gasteiger partial charge in [-0.15, -0.1) is 0 Å². The number of nitrogens with one attached hydrogen (secondary N) is 1. The largest absolute Gasteiger partial charge is 0.464 e. The lowest BCUT2D eigenvalue weighted by molar-refractivity contribution is -0.159. The molecule has 1 aliphatic heterocycles. The Balaban J connectivity index is 1.92. The molecule has 0 aromatic heterocycles. The van der Waals surface area contributed by atoms with E-state index in [0.717, 1.165) is 6.54 Å². The van der Waals surface area contributed by atoms with Crippen LogP contribution < -0.4 is 5.32 Å². The van der Waals surface area contributed by atoms with Crippen molar-refractivity contribution in [1.82, 2.24) is 5.32 Å². The number of esters is 1. The fraction of sp³-hybridized carbons (Fsp3) is 0.909. The van der Waals surface area contributed by atoms with Crippen molar-refractivity contribution in [1.29, 1.82) is 0 Å². The minimum atomic E-state index is -0.460. The molecule has 0 spiro atoms. The van der Waals surface area contributed by atoms with E-state index in [-0.39, 0.29) is 5.97 Å². The lowest BCUT2D eigenvalue weighted by Crippen LogP contribution is -2.43. The number of ether oxygens (including phenoxy) is 4. The lowest BCUT2D eigenvalue weighted by atomic mass is 10.3. The average molecular weight is 247 g/mol. The average Bonchev–Trinajstić information content (AvgIpc) is 2.38. The first-order chi connectivity index (χ1) is 8.34. The predicted molar refractivity (Wildman–Crippen MR) is 60.9 cm³/mol. The number of carbonyl (C=O) groups excluding carboxylic acids is 1. The molecule has 0 saturated carbocycles. The fourth-order valence-electron chi connectivity index (χ4n) is 1.39. The third-order valence-electron chi connectivity index (χ3n) is 2.30. The Kier molecular flexibility index (Phi) is 7.91. The van der Waals surface area contributed by atoms with Gasteiger partial charge in [-0.1, -0.05) is 0 Å². The molecule has 1 N–H and O–H groups in total. The van der Waals surface area contributed by atoms with Crippen molar-refractivity contribution in [3.63, 3.8) is 0 Å². The number of morpholine rings is 1. The van der Waals surface area contributed by atoms with Gasteiger partial charge in [-0.3, -0.25) is 0 Å². The van der Waals surface area contributed by atoms with Crippen LogP contribution in [0.1, 0.15) is 6.42 Å². The van der Waals surface area contributed by atoms with Gasteiger partial charge in [0, 0.05) is 33.2 Å². The second-order valence-electron chi connectivity index (χ2n) is 3.69. The summed E-state index contributed by atoms with van der Waals surface area (Å²) in [5.41, 5.74) is 0. The molecule has 6 heteroatoms. The first kappa shape index (κ1) is 14.4. The molecule has 1 fully saturated rings. The maximum atomic E-state index is 11.5. The molecule has 17 heavy (non-hydrogen) atoms. The summed E-state index contributed by atoms with van der Waals surface area (Å²) in [6, 6.07) is 0. The van der Waals surface area contributed by atoms with Crippen LogP contribution in [0.5, 0.6) is 0 Å². The molecule has 1 rings (SSSR count). The number of hydrogen-bond acceptors (Lipinski definition) is 6. The van der Waals surface area contributed by atoms with Crippen LogP contribution in [0.2, 0.25) is 0 Å². The van der Waals surface area contributed by atoms with Gasteiger partial charge in [0.2, 0.25) is 0 Å². The summed E-state index contributed by atoms with van der Waals surface area (Å²) in [6.45, 7) is 3.97. The molecule has 0 aliphatic carbocycles. The van der Waals surface area contributed by atoms with Crippen LogP contribution in [0, 0.1) is 0 Å². The molecule has 6 nitrogen and oxygen atoms in total. The minimum absolute atomic E-state index is 0.297. The van der Waals surface area contributed by atoms with E-state index in [1.807, 2.05) is 0 Å². The Morgan fingerprint density at radius 2 is 2.24 bits per heavy atom. The highest BCUT2D eigenvalue weighted by atomic mass is 16.6. The number of hydrogen-bond donors (Lipinski definition) is 1. The highest BCUT2D eigenvalue weighted by molar-refractivity contribution is 5.75. The van der Waals surface area contributed by atoms with Gasteiger partial charge < -0.3 is 24.3 Å². The van der Waals surface area contributed by atoms with Crippen molar-refractivity contribution in [3.05, 3.63) is 0 Å². The molecule has 0 bridgehead atoms. The van der Waals surface area contributed by atoms with Crippen molar-refractivity contribution in [3.8, 4) is 0 Å². The van der Waals surface area contributed by atoms with Gasteiger partial charge in [0.25, 0.3) is 0 Å². The molecular weight excluding hydrogens is 226 g/mol. The van der Waals surface area contributed by atoms with Crippen LogP contribution in [0.4, 0.5) is 0 Å².